The lowest BCUT2D eigenvalue weighted by Gasteiger charge is -2.34. The molecular formula is C67H50N4O. The second-order valence-electron chi connectivity index (χ2n) is 19.4. The van der Waals surface area contributed by atoms with Gasteiger partial charge in [-0.25, -0.2) is 0 Å². The zero-order valence-electron chi connectivity index (χ0n) is 40.2. The van der Waals surface area contributed by atoms with Crippen molar-refractivity contribution in [2.75, 3.05) is 22.9 Å². The fourth-order valence-corrected chi connectivity index (χ4v) is 12.0. The summed E-state index contributed by atoms with van der Waals surface area (Å²) in [5.74, 6) is 0. The molecule has 3 heterocycles. The molecule has 344 valence electrons. The van der Waals surface area contributed by atoms with Crippen molar-refractivity contribution in [3.63, 3.8) is 0 Å². The highest BCUT2D eigenvalue weighted by Gasteiger charge is 2.53. The van der Waals surface area contributed by atoms with E-state index >= 15 is 0 Å². The van der Waals surface area contributed by atoms with E-state index in [4.69, 9.17) is 4.42 Å². The summed E-state index contributed by atoms with van der Waals surface area (Å²) in [6, 6.07) is 75.9. The molecule has 14 rings (SSSR count). The molecular weight excluding hydrogens is 877 g/mol. The van der Waals surface area contributed by atoms with Crippen LogP contribution in [0.4, 0.5) is 22.7 Å². The van der Waals surface area contributed by atoms with E-state index in [0.717, 1.165) is 61.8 Å². The van der Waals surface area contributed by atoms with Crippen LogP contribution >= 0.6 is 0 Å². The molecule has 10 aromatic rings. The van der Waals surface area contributed by atoms with Gasteiger partial charge in [0.1, 0.15) is 5.58 Å². The van der Waals surface area contributed by atoms with Gasteiger partial charge in [0.05, 0.1) is 24.2 Å². The molecule has 0 saturated carbocycles. The molecule has 0 atom stereocenters. The van der Waals surface area contributed by atoms with Crippen LogP contribution in [-0.4, -0.2) is 13.1 Å². The van der Waals surface area contributed by atoms with Gasteiger partial charge in [-0.1, -0.05) is 158 Å². The summed E-state index contributed by atoms with van der Waals surface area (Å²) in [5.41, 5.74) is 24.7. The highest BCUT2D eigenvalue weighted by Crippen LogP contribution is 2.66. The number of furan rings is 1. The van der Waals surface area contributed by atoms with Gasteiger partial charge in [-0.15, -0.1) is 0 Å². The number of nitrogens with one attached hydrogen (secondary N) is 2. The topological polar surface area (TPSA) is 43.7 Å². The predicted molar refractivity (Wildman–Crippen MR) is 298 cm³/mol. The van der Waals surface area contributed by atoms with Crippen LogP contribution in [0.15, 0.2) is 258 Å². The zero-order chi connectivity index (χ0) is 47.9. The fraction of sp³-hybridized carbons (Fsp3) is 0.0746. The van der Waals surface area contributed by atoms with Crippen LogP contribution < -0.4 is 20.4 Å². The van der Waals surface area contributed by atoms with E-state index in [1.807, 2.05) is 0 Å². The smallest absolute Gasteiger partial charge is 0.160 e. The number of hydrogen-bond acceptors (Lipinski definition) is 5. The van der Waals surface area contributed by atoms with Gasteiger partial charge in [0, 0.05) is 50.6 Å². The van der Waals surface area contributed by atoms with Crippen molar-refractivity contribution < 1.29 is 4.42 Å². The highest BCUT2D eigenvalue weighted by atomic mass is 16.3. The molecule has 4 aliphatic rings. The van der Waals surface area contributed by atoms with Gasteiger partial charge in [-0.2, -0.15) is 0 Å². The van der Waals surface area contributed by atoms with Gasteiger partial charge in [0.25, 0.3) is 0 Å². The maximum atomic E-state index is 7.24. The summed E-state index contributed by atoms with van der Waals surface area (Å²) in [6.07, 6.45) is 8.91. The molecule has 2 N–H and O–H groups in total. The summed E-state index contributed by atoms with van der Waals surface area (Å²) in [4.78, 5) is 4.88. The minimum absolute atomic E-state index is 0.656. The van der Waals surface area contributed by atoms with Crippen LogP contribution in [0.2, 0.25) is 0 Å². The molecule has 72 heavy (non-hydrogen) atoms. The van der Waals surface area contributed by atoms with E-state index in [2.05, 4.69) is 265 Å². The molecule has 1 spiro atoms. The molecule has 0 fully saturated rings. The monoisotopic (exact) mass is 926 g/mol. The van der Waals surface area contributed by atoms with E-state index in [-0.39, 0.29) is 0 Å². The number of para-hydroxylation sites is 1. The summed E-state index contributed by atoms with van der Waals surface area (Å²) < 4.78 is 7.24. The first kappa shape index (κ1) is 41.9. The third-order valence-electron chi connectivity index (χ3n) is 15.3. The largest absolute Gasteiger partial charge is 0.454 e. The summed E-state index contributed by atoms with van der Waals surface area (Å²) in [6.45, 7) is 5.61. The molecule has 0 amide bonds. The van der Waals surface area contributed by atoms with Crippen molar-refractivity contribution in [2.24, 2.45) is 0 Å². The molecule has 0 saturated heterocycles. The van der Waals surface area contributed by atoms with Gasteiger partial charge >= 0.3 is 0 Å². The summed E-state index contributed by atoms with van der Waals surface area (Å²) in [7, 11) is 0. The second-order valence-corrected chi connectivity index (χ2v) is 19.4. The van der Waals surface area contributed by atoms with Crippen LogP contribution in [0.1, 0.15) is 36.1 Å². The Hall–Kier alpha value is -9.06. The lowest BCUT2D eigenvalue weighted by molar-refractivity contribution is 0.668. The van der Waals surface area contributed by atoms with Gasteiger partial charge in [0.15, 0.2) is 5.58 Å². The Kier molecular flexibility index (Phi) is 9.62. The molecule has 0 radical (unpaired) electrons. The van der Waals surface area contributed by atoms with Crippen molar-refractivity contribution in [3.8, 4) is 44.5 Å². The maximum Gasteiger partial charge on any atom is 0.160 e. The van der Waals surface area contributed by atoms with Crippen LogP contribution in [0.3, 0.4) is 0 Å². The van der Waals surface area contributed by atoms with E-state index in [1.54, 1.807) is 0 Å². The van der Waals surface area contributed by atoms with Gasteiger partial charge in [-0.3, -0.25) is 0 Å². The Bertz CT molecular complexity index is 3890. The van der Waals surface area contributed by atoms with Crippen LogP contribution in [0, 0.1) is 0 Å². The highest BCUT2D eigenvalue weighted by molar-refractivity contribution is 6.20. The maximum absolute atomic E-state index is 7.24. The van der Waals surface area contributed by atoms with Gasteiger partial charge < -0.3 is 24.9 Å². The quantitative estimate of drug-likeness (QED) is 0.159. The van der Waals surface area contributed by atoms with E-state index in [9.17, 15) is 0 Å². The minimum atomic E-state index is -0.674. The predicted octanol–water partition coefficient (Wildman–Crippen LogP) is 16.3. The molecule has 0 unspecified atom stereocenters. The Morgan fingerprint density at radius 2 is 0.917 bits per heavy atom. The molecule has 5 heteroatoms. The average molecular weight is 927 g/mol. The van der Waals surface area contributed by atoms with Crippen molar-refractivity contribution in [1.29, 1.82) is 0 Å². The Morgan fingerprint density at radius 3 is 1.50 bits per heavy atom. The van der Waals surface area contributed by atoms with Crippen LogP contribution in [0.5, 0.6) is 0 Å². The number of benzene rings is 9. The van der Waals surface area contributed by atoms with Crippen molar-refractivity contribution in [1.82, 2.24) is 10.6 Å². The Morgan fingerprint density at radius 1 is 0.417 bits per heavy atom. The fourth-order valence-electron chi connectivity index (χ4n) is 12.0. The average Bonchev–Trinajstić information content (AvgIpc) is 4.07. The number of dihydropyridines is 2. The van der Waals surface area contributed by atoms with Crippen molar-refractivity contribution >= 4 is 44.7 Å². The van der Waals surface area contributed by atoms with Gasteiger partial charge in [-0.05, 0) is 153 Å². The number of rotatable bonds is 8. The van der Waals surface area contributed by atoms with E-state index in [0.29, 0.717) is 13.1 Å². The second kappa shape index (κ2) is 16.5. The number of hydrogen-bond donors (Lipinski definition) is 2. The first-order valence-electron chi connectivity index (χ1n) is 25.0. The van der Waals surface area contributed by atoms with E-state index in [1.165, 1.54) is 72.5 Å². The molecule has 9 aromatic carbocycles. The van der Waals surface area contributed by atoms with Crippen molar-refractivity contribution in [3.05, 3.63) is 276 Å². The summed E-state index contributed by atoms with van der Waals surface area (Å²) in [5, 5.41) is 9.57. The number of fused-ring (bicyclic) bond motifs is 14. The third kappa shape index (κ3) is 6.40. The van der Waals surface area contributed by atoms with Crippen molar-refractivity contribution in [2.45, 2.75) is 19.3 Å². The number of anilines is 4. The van der Waals surface area contributed by atoms with Gasteiger partial charge in [0.2, 0.25) is 0 Å². The molecule has 5 nitrogen and oxygen atoms in total. The SMILES string of the molecule is CC1=CC=C(N(c2ccc(-c3ccccc3)cc2)c2ccc3c(c2)C2(c4ccccc4-c4ccccc42)c2cc(N(C4=CC=C(C)NC4)c4ccc(-c5ccccc5)cc4)c4oc5ccccc5c4c2-3)CN1. The van der Waals surface area contributed by atoms with Crippen LogP contribution in [-0.2, 0) is 5.41 Å². The van der Waals surface area contributed by atoms with Crippen LogP contribution in [0.25, 0.3) is 66.4 Å². The number of allylic oxidation sites excluding steroid dienone is 6. The van der Waals surface area contributed by atoms with E-state index < -0.39 is 5.41 Å². The Balaban J connectivity index is 1.06. The lowest BCUT2D eigenvalue weighted by Crippen LogP contribution is -2.30. The molecule has 2 aliphatic heterocycles. The zero-order valence-corrected chi connectivity index (χ0v) is 40.2. The molecule has 0 bridgehead atoms. The molecule has 1 aromatic heterocycles. The number of nitrogens with zero attached hydrogens (tertiary/aromatic N) is 2. The Labute approximate surface area is 420 Å². The summed E-state index contributed by atoms with van der Waals surface area (Å²) >= 11 is 0. The lowest BCUT2D eigenvalue weighted by atomic mass is 9.70. The minimum Gasteiger partial charge on any atom is -0.454 e. The molecule has 2 aliphatic carbocycles. The normalized spacial score (nSPS) is 14.8. The standard InChI is InChI=1S/C67H50N4O/c1-43-25-31-52(41-68-43)70(49-33-27-47(28-34-49)45-15-5-3-6-16-45)51-37-38-56-60(39-51)67(58-22-12-9-19-54(58)55-20-10-13-23-59(55)67)61-40-62(66-65(64(56)61)57-21-11-14-24-63(57)72-66)71(53-32-26-44(2)69-42-53)50-35-29-48(30-36-50)46-17-7-4-8-18-46/h3-40,68-69H,41-42H2,1-2H3. The third-order valence-corrected chi connectivity index (χ3v) is 15.3. The first-order valence-corrected chi connectivity index (χ1v) is 25.0. The first-order chi connectivity index (χ1) is 35.5.